The Labute approximate surface area is 207 Å². The maximum Gasteiger partial charge on any atom is 0.229 e. The van der Waals surface area contributed by atoms with Crippen LogP contribution in [0.3, 0.4) is 0 Å². The van der Waals surface area contributed by atoms with Crippen LogP contribution in [0.1, 0.15) is 35.5 Å². The van der Waals surface area contributed by atoms with Crippen molar-refractivity contribution in [3.8, 4) is 11.4 Å². The number of aliphatic hydroxyl groups is 2. The number of aliphatic hydroxyl groups excluding tert-OH is 2. The maximum absolute atomic E-state index is 12.4. The van der Waals surface area contributed by atoms with Gasteiger partial charge < -0.3 is 20.8 Å². The molecule has 2 atom stereocenters. The quantitative estimate of drug-likeness (QED) is 0.251. The van der Waals surface area contributed by atoms with Gasteiger partial charge >= 0.3 is 0 Å². The summed E-state index contributed by atoms with van der Waals surface area (Å²) in [5, 5.41) is 33.8. The van der Waals surface area contributed by atoms with E-state index in [4.69, 9.17) is 0 Å². The summed E-state index contributed by atoms with van der Waals surface area (Å²) < 4.78 is 24.7. The molecule has 0 fully saturated rings. The van der Waals surface area contributed by atoms with Gasteiger partial charge in [-0.05, 0) is 37.1 Å². The highest BCUT2D eigenvalue weighted by molar-refractivity contribution is 7.91. The Morgan fingerprint density at radius 2 is 1.97 bits per heavy atom. The van der Waals surface area contributed by atoms with Crippen molar-refractivity contribution in [2.24, 2.45) is 0 Å². The minimum Gasteiger partial charge on any atom is -0.394 e. The Hall–Kier alpha value is -3.87. The van der Waals surface area contributed by atoms with Gasteiger partial charge in [-0.3, -0.25) is 5.10 Å². The van der Waals surface area contributed by atoms with Crippen LogP contribution in [0.4, 0.5) is 17.5 Å². The summed E-state index contributed by atoms with van der Waals surface area (Å²) in [5.41, 5.74) is 2.28. The SMILES string of the molecule is Cc1nc(-c2cnc(Nc3ccc4c(c3)C(O)CCS4(=O)=O)nc2N[C@H](CO)c2ccccc2)n[nH]1. The van der Waals surface area contributed by atoms with Crippen LogP contribution in [0.5, 0.6) is 0 Å². The van der Waals surface area contributed by atoms with Gasteiger partial charge in [-0.2, -0.15) is 10.1 Å². The van der Waals surface area contributed by atoms with Crippen LogP contribution in [-0.2, 0) is 9.84 Å². The lowest BCUT2D eigenvalue weighted by atomic mass is 10.1. The first kappa shape index (κ1) is 23.9. The van der Waals surface area contributed by atoms with Crippen LogP contribution in [-0.4, -0.2) is 56.1 Å². The molecule has 11 nitrogen and oxygen atoms in total. The lowest BCUT2D eigenvalue weighted by Gasteiger charge is -2.22. The molecule has 4 aromatic rings. The van der Waals surface area contributed by atoms with Crippen molar-refractivity contribution in [1.29, 1.82) is 0 Å². The monoisotopic (exact) mass is 507 g/mol. The number of nitrogens with one attached hydrogen (secondary N) is 3. The fourth-order valence-corrected chi connectivity index (χ4v) is 5.68. The number of fused-ring (bicyclic) bond motifs is 1. The molecule has 0 bridgehead atoms. The first-order valence-electron chi connectivity index (χ1n) is 11.3. The molecular formula is C24H25N7O4S. The zero-order valence-electron chi connectivity index (χ0n) is 19.4. The second kappa shape index (κ2) is 9.64. The van der Waals surface area contributed by atoms with Crippen molar-refractivity contribution in [2.75, 3.05) is 23.0 Å². The molecule has 5 N–H and O–H groups in total. The van der Waals surface area contributed by atoms with Gasteiger partial charge in [-0.25, -0.2) is 18.4 Å². The molecular weight excluding hydrogens is 482 g/mol. The summed E-state index contributed by atoms with van der Waals surface area (Å²) in [5.74, 6) is 1.57. The number of H-pyrrole nitrogens is 1. The van der Waals surface area contributed by atoms with Crippen LogP contribution < -0.4 is 10.6 Å². The molecule has 3 heterocycles. The van der Waals surface area contributed by atoms with E-state index in [0.29, 0.717) is 34.3 Å². The third kappa shape index (κ3) is 4.78. The lowest BCUT2D eigenvalue weighted by Crippen LogP contribution is -2.20. The first-order chi connectivity index (χ1) is 17.3. The minimum atomic E-state index is -3.42. The van der Waals surface area contributed by atoms with E-state index in [0.717, 1.165) is 5.56 Å². The second-order valence-electron chi connectivity index (χ2n) is 8.49. The van der Waals surface area contributed by atoms with Gasteiger partial charge in [0.2, 0.25) is 5.95 Å². The number of rotatable bonds is 7. The van der Waals surface area contributed by atoms with Crippen molar-refractivity contribution in [3.63, 3.8) is 0 Å². The van der Waals surface area contributed by atoms with Crippen molar-refractivity contribution >= 4 is 27.3 Å². The third-order valence-electron chi connectivity index (χ3n) is 5.94. The number of benzene rings is 2. The van der Waals surface area contributed by atoms with E-state index >= 15 is 0 Å². The summed E-state index contributed by atoms with van der Waals surface area (Å²) in [4.78, 5) is 13.5. The molecule has 0 radical (unpaired) electrons. The third-order valence-corrected chi connectivity index (χ3v) is 7.76. The normalized spacial score (nSPS) is 17.2. The molecule has 0 aliphatic carbocycles. The predicted molar refractivity (Wildman–Crippen MR) is 133 cm³/mol. The van der Waals surface area contributed by atoms with E-state index in [1.165, 1.54) is 6.07 Å². The van der Waals surface area contributed by atoms with E-state index in [1.807, 2.05) is 30.3 Å². The summed E-state index contributed by atoms with van der Waals surface area (Å²) in [6, 6.07) is 13.7. The first-order valence-corrected chi connectivity index (χ1v) is 13.0. The summed E-state index contributed by atoms with van der Waals surface area (Å²) in [6.07, 6.45) is 0.851. The molecule has 0 spiro atoms. The van der Waals surface area contributed by atoms with Crippen molar-refractivity contribution in [1.82, 2.24) is 25.1 Å². The standard InChI is InChI=1S/C24H25N7O4S/c1-14-26-23(31-30-14)18-12-25-24(29-22(18)28-19(13-32)15-5-3-2-4-6-15)27-16-7-8-21-17(11-16)20(33)9-10-36(21,34)35/h2-8,11-12,19-20,32-33H,9-10,13H2,1H3,(H,26,30,31)(H2,25,27,28,29)/t19-,20?/m1/s1. The Kier molecular flexibility index (Phi) is 6.39. The zero-order valence-corrected chi connectivity index (χ0v) is 20.2. The number of nitrogens with zero attached hydrogens (tertiary/aromatic N) is 4. The van der Waals surface area contributed by atoms with Crippen LogP contribution in [0.25, 0.3) is 11.4 Å². The molecule has 0 saturated heterocycles. The van der Waals surface area contributed by atoms with Gasteiger partial charge in [0.25, 0.3) is 0 Å². The van der Waals surface area contributed by atoms with E-state index in [-0.39, 0.29) is 29.6 Å². The number of hydrogen-bond acceptors (Lipinski definition) is 10. The molecule has 0 amide bonds. The number of aromatic amines is 1. The van der Waals surface area contributed by atoms with Gasteiger partial charge in [-0.1, -0.05) is 30.3 Å². The van der Waals surface area contributed by atoms with Gasteiger partial charge in [0.05, 0.1) is 35.0 Å². The minimum absolute atomic E-state index is 0.0817. The average Bonchev–Trinajstić information content (AvgIpc) is 3.31. The summed E-state index contributed by atoms with van der Waals surface area (Å²) >= 11 is 0. The Morgan fingerprint density at radius 1 is 1.17 bits per heavy atom. The molecule has 2 aromatic carbocycles. The van der Waals surface area contributed by atoms with Crippen molar-refractivity contribution < 1.29 is 18.6 Å². The molecule has 186 valence electrons. The topological polar surface area (TPSA) is 166 Å². The molecule has 1 aliphatic heterocycles. The Bertz CT molecular complexity index is 1490. The van der Waals surface area contributed by atoms with Crippen LogP contribution in [0.2, 0.25) is 0 Å². The van der Waals surface area contributed by atoms with Crippen molar-refractivity contribution in [2.45, 2.75) is 30.4 Å². The summed E-state index contributed by atoms with van der Waals surface area (Å²) in [7, 11) is -3.42. The Morgan fingerprint density at radius 3 is 2.69 bits per heavy atom. The smallest absolute Gasteiger partial charge is 0.229 e. The molecule has 5 rings (SSSR count). The molecule has 1 unspecified atom stereocenters. The van der Waals surface area contributed by atoms with E-state index < -0.39 is 22.0 Å². The Balaban J connectivity index is 1.50. The van der Waals surface area contributed by atoms with Crippen LogP contribution in [0.15, 0.2) is 59.6 Å². The van der Waals surface area contributed by atoms with Gasteiger partial charge in [0.1, 0.15) is 11.6 Å². The van der Waals surface area contributed by atoms with E-state index in [9.17, 15) is 18.6 Å². The molecule has 36 heavy (non-hydrogen) atoms. The number of aryl methyl sites for hydroxylation is 1. The van der Waals surface area contributed by atoms with E-state index in [1.54, 1.807) is 25.3 Å². The van der Waals surface area contributed by atoms with Gasteiger partial charge in [0.15, 0.2) is 15.7 Å². The highest BCUT2D eigenvalue weighted by atomic mass is 32.2. The summed E-state index contributed by atoms with van der Waals surface area (Å²) in [6.45, 7) is 1.60. The molecule has 2 aromatic heterocycles. The fourth-order valence-electron chi connectivity index (χ4n) is 4.09. The van der Waals surface area contributed by atoms with Crippen molar-refractivity contribution in [3.05, 3.63) is 71.7 Å². The van der Waals surface area contributed by atoms with Crippen LogP contribution in [0, 0.1) is 6.92 Å². The zero-order chi connectivity index (χ0) is 25.3. The number of aromatic nitrogens is 5. The highest BCUT2D eigenvalue weighted by Gasteiger charge is 2.29. The molecule has 12 heteroatoms. The lowest BCUT2D eigenvalue weighted by molar-refractivity contribution is 0.168. The van der Waals surface area contributed by atoms with E-state index in [2.05, 4.69) is 35.8 Å². The fraction of sp³-hybridized carbons (Fsp3) is 0.250. The van der Waals surface area contributed by atoms with Gasteiger partial charge in [0, 0.05) is 17.4 Å². The number of anilines is 3. The molecule has 0 saturated carbocycles. The maximum atomic E-state index is 12.4. The second-order valence-corrected chi connectivity index (χ2v) is 10.6. The van der Waals surface area contributed by atoms with Crippen LogP contribution >= 0.6 is 0 Å². The highest BCUT2D eigenvalue weighted by Crippen LogP contribution is 2.35. The van der Waals surface area contributed by atoms with Gasteiger partial charge in [-0.15, -0.1) is 0 Å². The molecule has 1 aliphatic rings. The largest absolute Gasteiger partial charge is 0.394 e. The average molecular weight is 508 g/mol. The predicted octanol–water partition coefficient (Wildman–Crippen LogP) is 2.67. The number of sulfone groups is 1. The number of hydrogen-bond donors (Lipinski definition) is 5.